The highest BCUT2D eigenvalue weighted by Gasteiger charge is 1.98. The number of benzene rings is 2. The molecule has 4 heteroatoms. The van der Waals surface area contributed by atoms with Gasteiger partial charge in [0.05, 0.1) is 18.9 Å². The number of halogens is 1. The molecule has 0 saturated heterocycles. The summed E-state index contributed by atoms with van der Waals surface area (Å²) in [4.78, 5) is 0. The molecule has 0 aliphatic carbocycles. The van der Waals surface area contributed by atoms with Gasteiger partial charge in [0.15, 0.2) is 0 Å². The molecule has 0 fully saturated rings. The Labute approximate surface area is 117 Å². The molecule has 19 heavy (non-hydrogen) atoms. The first-order valence-electron chi connectivity index (χ1n) is 6.11. The van der Waals surface area contributed by atoms with Crippen LogP contribution >= 0.6 is 11.6 Å². The predicted molar refractivity (Wildman–Crippen MR) is 77.9 cm³/mol. The fraction of sp³-hybridized carbons (Fsp3) is 0.200. The number of para-hydroxylation sites is 2. The highest BCUT2D eigenvalue weighted by molar-refractivity contribution is 6.30. The molecule has 100 valence electrons. The van der Waals surface area contributed by atoms with Crippen molar-refractivity contribution in [2.24, 2.45) is 0 Å². The second kappa shape index (κ2) is 6.90. The van der Waals surface area contributed by atoms with Crippen molar-refractivity contribution >= 4 is 17.3 Å². The van der Waals surface area contributed by atoms with E-state index in [0.29, 0.717) is 29.7 Å². The fourth-order valence-corrected chi connectivity index (χ4v) is 1.70. The molecular formula is C15H16ClNO2. The Morgan fingerprint density at radius 3 is 2.32 bits per heavy atom. The van der Waals surface area contributed by atoms with Gasteiger partial charge in [-0.2, -0.15) is 0 Å². The lowest BCUT2D eigenvalue weighted by Crippen LogP contribution is -2.06. The van der Waals surface area contributed by atoms with Crippen LogP contribution in [-0.2, 0) is 0 Å². The Bertz CT molecular complexity index is 514. The summed E-state index contributed by atoms with van der Waals surface area (Å²) in [6, 6.07) is 14.8. The second-order valence-corrected chi connectivity index (χ2v) is 4.48. The first-order chi connectivity index (χ1) is 9.25. The Morgan fingerprint density at radius 1 is 0.895 bits per heavy atom. The van der Waals surface area contributed by atoms with E-state index >= 15 is 0 Å². The van der Waals surface area contributed by atoms with Gasteiger partial charge in [0, 0.05) is 11.4 Å². The molecule has 0 aliphatic heterocycles. The molecule has 0 heterocycles. The zero-order valence-electron chi connectivity index (χ0n) is 10.5. The summed E-state index contributed by atoms with van der Waals surface area (Å²) in [7, 11) is 0. The van der Waals surface area contributed by atoms with Crippen LogP contribution in [-0.4, -0.2) is 13.2 Å². The predicted octanol–water partition coefficient (Wildman–Crippen LogP) is 3.77. The van der Waals surface area contributed by atoms with Gasteiger partial charge in [-0.1, -0.05) is 23.7 Å². The SMILES string of the molecule is Nc1ccccc1OCCCOc1ccc(Cl)cc1. The maximum absolute atomic E-state index is 5.79. The molecule has 0 spiro atoms. The topological polar surface area (TPSA) is 44.5 Å². The minimum absolute atomic E-state index is 0.571. The van der Waals surface area contributed by atoms with E-state index in [2.05, 4.69) is 0 Å². The minimum atomic E-state index is 0.571. The average molecular weight is 278 g/mol. The van der Waals surface area contributed by atoms with Crippen molar-refractivity contribution in [3.05, 3.63) is 53.6 Å². The number of nitrogens with two attached hydrogens (primary N) is 1. The lowest BCUT2D eigenvalue weighted by molar-refractivity contribution is 0.248. The lowest BCUT2D eigenvalue weighted by Gasteiger charge is -2.09. The molecule has 0 amide bonds. The molecule has 0 aliphatic rings. The average Bonchev–Trinajstić information content (AvgIpc) is 2.42. The maximum atomic E-state index is 5.79. The van der Waals surface area contributed by atoms with Crippen LogP contribution in [0.3, 0.4) is 0 Å². The van der Waals surface area contributed by atoms with Crippen LogP contribution in [0.15, 0.2) is 48.5 Å². The van der Waals surface area contributed by atoms with Gasteiger partial charge in [0.25, 0.3) is 0 Å². The number of anilines is 1. The molecular weight excluding hydrogens is 262 g/mol. The summed E-state index contributed by atoms with van der Waals surface area (Å²) >= 11 is 5.79. The molecule has 0 radical (unpaired) electrons. The number of hydrogen-bond donors (Lipinski definition) is 1. The van der Waals surface area contributed by atoms with Crippen LogP contribution in [0.4, 0.5) is 5.69 Å². The van der Waals surface area contributed by atoms with Crippen LogP contribution < -0.4 is 15.2 Å². The third-order valence-corrected chi connectivity index (χ3v) is 2.80. The van der Waals surface area contributed by atoms with Gasteiger partial charge in [-0.15, -0.1) is 0 Å². The summed E-state index contributed by atoms with van der Waals surface area (Å²) in [5.41, 5.74) is 6.43. The van der Waals surface area contributed by atoms with Gasteiger partial charge in [-0.3, -0.25) is 0 Å². The van der Waals surface area contributed by atoms with Crippen LogP contribution in [0.2, 0.25) is 5.02 Å². The van der Waals surface area contributed by atoms with Gasteiger partial charge in [-0.25, -0.2) is 0 Å². The van der Waals surface area contributed by atoms with E-state index in [4.69, 9.17) is 26.8 Å². The fourth-order valence-electron chi connectivity index (χ4n) is 1.57. The Kier molecular flexibility index (Phi) is 4.93. The maximum Gasteiger partial charge on any atom is 0.142 e. The molecule has 3 nitrogen and oxygen atoms in total. The van der Waals surface area contributed by atoms with E-state index < -0.39 is 0 Å². The van der Waals surface area contributed by atoms with Crippen molar-refractivity contribution in [2.45, 2.75) is 6.42 Å². The summed E-state index contributed by atoms with van der Waals surface area (Å²) < 4.78 is 11.1. The molecule has 0 aromatic heterocycles. The largest absolute Gasteiger partial charge is 0.493 e. The summed E-state index contributed by atoms with van der Waals surface area (Å²) in [5.74, 6) is 1.53. The van der Waals surface area contributed by atoms with E-state index in [1.165, 1.54) is 0 Å². The zero-order valence-corrected chi connectivity index (χ0v) is 11.3. The van der Waals surface area contributed by atoms with Gasteiger partial charge < -0.3 is 15.2 Å². The highest BCUT2D eigenvalue weighted by atomic mass is 35.5. The van der Waals surface area contributed by atoms with Crippen LogP contribution in [0, 0.1) is 0 Å². The number of nitrogen functional groups attached to an aromatic ring is 1. The number of hydrogen-bond acceptors (Lipinski definition) is 3. The first-order valence-corrected chi connectivity index (χ1v) is 6.49. The van der Waals surface area contributed by atoms with Crippen molar-refractivity contribution in [3.63, 3.8) is 0 Å². The number of rotatable bonds is 6. The lowest BCUT2D eigenvalue weighted by atomic mass is 10.3. The van der Waals surface area contributed by atoms with E-state index in [-0.39, 0.29) is 0 Å². The molecule has 2 rings (SSSR count). The van der Waals surface area contributed by atoms with Crippen molar-refractivity contribution < 1.29 is 9.47 Å². The van der Waals surface area contributed by atoms with E-state index in [0.717, 1.165) is 12.2 Å². The Balaban J connectivity index is 1.67. The van der Waals surface area contributed by atoms with Crippen LogP contribution in [0.1, 0.15) is 6.42 Å². The van der Waals surface area contributed by atoms with E-state index in [1.54, 1.807) is 12.1 Å². The third-order valence-electron chi connectivity index (χ3n) is 2.55. The summed E-state index contributed by atoms with van der Waals surface area (Å²) in [6.45, 7) is 1.16. The third kappa shape index (κ3) is 4.38. The smallest absolute Gasteiger partial charge is 0.142 e. The van der Waals surface area contributed by atoms with Crippen molar-refractivity contribution in [1.82, 2.24) is 0 Å². The van der Waals surface area contributed by atoms with Gasteiger partial charge >= 0.3 is 0 Å². The second-order valence-electron chi connectivity index (χ2n) is 4.04. The molecule has 0 saturated carbocycles. The molecule has 0 bridgehead atoms. The summed E-state index contributed by atoms with van der Waals surface area (Å²) in [5, 5.41) is 0.704. The Morgan fingerprint density at radius 2 is 1.58 bits per heavy atom. The Hall–Kier alpha value is -1.87. The summed E-state index contributed by atoms with van der Waals surface area (Å²) in [6.07, 6.45) is 0.789. The normalized spacial score (nSPS) is 10.2. The molecule has 2 aromatic carbocycles. The van der Waals surface area contributed by atoms with Crippen LogP contribution in [0.5, 0.6) is 11.5 Å². The number of ether oxygens (including phenoxy) is 2. The molecule has 2 aromatic rings. The molecule has 0 atom stereocenters. The molecule has 0 unspecified atom stereocenters. The van der Waals surface area contributed by atoms with E-state index in [1.807, 2.05) is 36.4 Å². The standard InChI is InChI=1S/C15H16ClNO2/c16-12-6-8-13(9-7-12)18-10-3-11-19-15-5-2-1-4-14(15)17/h1-2,4-9H,3,10-11,17H2. The zero-order chi connectivity index (χ0) is 13.5. The van der Waals surface area contributed by atoms with E-state index in [9.17, 15) is 0 Å². The van der Waals surface area contributed by atoms with Gasteiger partial charge in [0.1, 0.15) is 11.5 Å². The van der Waals surface area contributed by atoms with Crippen molar-refractivity contribution in [1.29, 1.82) is 0 Å². The van der Waals surface area contributed by atoms with Gasteiger partial charge in [0.2, 0.25) is 0 Å². The van der Waals surface area contributed by atoms with Crippen molar-refractivity contribution in [2.75, 3.05) is 18.9 Å². The van der Waals surface area contributed by atoms with Gasteiger partial charge in [-0.05, 0) is 36.4 Å². The monoisotopic (exact) mass is 277 g/mol. The highest BCUT2D eigenvalue weighted by Crippen LogP contribution is 2.20. The van der Waals surface area contributed by atoms with Crippen LogP contribution in [0.25, 0.3) is 0 Å². The minimum Gasteiger partial charge on any atom is -0.493 e. The van der Waals surface area contributed by atoms with Crippen molar-refractivity contribution in [3.8, 4) is 11.5 Å². The quantitative estimate of drug-likeness (QED) is 0.646. The first kappa shape index (κ1) is 13.6. The molecule has 2 N–H and O–H groups in total.